The highest BCUT2D eigenvalue weighted by Crippen LogP contribution is 2.31. The van der Waals surface area contributed by atoms with Crippen LogP contribution < -0.4 is 10.5 Å². The third kappa shape index (κ3) is 3.17. The van der Waals surface area contributed by atoms with Crippen LogP contribution in [0.15, 0.2) is 36.7 Å². The van der Waals surface area contributed by atoms with E-state index in [0.29, 0.717) is 16.8 Å². The Morgan fingerprint density at radius 2 is 1.81 bits per heavy atom. The molecule has 3 aromatic rings. The van der Waals surface area contributed by atoms with E-state index in [9.17, 15) is 8.78 Å². The molecule has 0 amide bonds. The number of aromatic nitrogens is 2. The summed E-state index contributed by atoms with van der Waals surface area (Å²) in [5.74, 6) is -1.29. The Bertz CT molecular complexity index is 764. The molecule has 0 fully saturated rings. The number of hydrogen-bond acceptors (Lipinski definition) is 3. The van der Waals surface area contributed by atoms with Crippen LogP contribution in [0.4, 0.5) is 14.5 Å². The number of ether oxygens (including phenoxy) is 1. The van der Waals surface area contributed by atoms with Gasteiger partial charge in [-0.25, -0.2) is 13.8 Å². The predicted octanol–water partition coefficient (Wildman–Crippen LogP) is 4.06. The topological polar surface area (TPSA) is 63.9 Å². The first-order valence-electron chi connectivity index (χ1n) is 5.49. The molecule has 0 atom stereocenters. The van der Waals surface area contributed by atoms with Gasteiger partial charge in [-0.3, -0.25) is 0 Å². The lowest BCUT2D eigenvalue weighted by Gasteiger charge is -2.08. The molecular formula is C13H11Cl2F2N3O. The van der Waals surface area contributed by atoms with Gasteiger partial charge in [-0.1, -0.05) is 0 Å². The Morgan fingerprint density at radius 3 is 2.57 bits per heavy atom. The zero-order valence-corrected chi connectivity index (χ0v) is 12.1. The number of nitrogens with one attached hydrogen (secondary N) is 1. The molecule has 0 spiro atoms. The number of rotatable bonds is 2. The van der Waals surface area contributed by atoms with E-state index in [2.05, 4.69) is 9.97 Å². The van der Waals surface area contributed by atoms with Crippen LogP contribution >= 0.6 is 24.8 Å². The average molecular weight is 334 g/mol. The monoisotopic (exact) mass is 333 g/mol. The number of halogens is 4. The highest BCUT2D eigenvalue weighted by Gasteiger charge is 2.12. The van der Waals surface area contributed by atoms with Gasteiger partial charge in [0, 0.05) is 24.5 Å². The zero-order valence-electron chi connectivity index (χ0n) is 10.5. The molecule has 0 aliphatic heterocycles. The lowest BCUT2D eigenvalue weighted by Crippen LogP contribution is -1.96. The van der Waals surface area contributed by atoms with Gasteiger partial charge in [0.15, 0.2) is 11.6 Å². The summed E-state index contributed by atoms with van der Waals surface area (Å²) >= 11 is 0. The molecule has 21 heavy (non-hydrogen) atoms. The number of anilines is 1. The van der Waals surface area contributed by atoms with Crippen molar-refractivity contribution in [2.24, 2.45) is 0 Å². The second-order valence-electron chi connectivity index (χ2n) is 3.96. The van der Waals surface area contributed by atoms with Crippen molar-refractivity contribution in [2.75, 3.05) is 5.73 Å². The van der Waals surface area contributed by atoms with Crippen LogP contribution in [0.25, 0.3) is 11.0 Å². The number of H-pyrrole nitrogens is 1. The van der Waals surface area contributed by atoms with E-state index in [4.69, 9.17) is 10.5 Å². The number of hydrogen-bond donors (Lipinski definition) is 2. The number of benzene rings is 1. The number of pyridine rings is 1. The quantitative estimate of drug-likeness (QED) is 0.695. The molecule has 0 saturated heterocycles. The first kappa shape index (κ1) is 17.0. The third-order valence-electron chi connectivity index (χ3n) is 2.69. The van der Waals surface area contributed by atoms with E-state index in [1.165, 1.54) is 6.20 Å². The minimum Gasteiger partial charge on any atom is -0.453 e. The number of aromatic amines is 1. The van der Waals surface area contributed by atoms with Crippen LogP contribution in [0, 0.1) is 11.6 Å². The maximum Gasteiger partial charge on any atom is 0.167 e. The van der Waals surface area contributed by atoms with Crippen LogP contribution in [-0.2, 0) is 0 Å². The van der Waals surface area contributed by atoms with E-state index >= 15 is 0 Å². The van der Waals surface area contributed by atoms with Crippen molar-refractivity contribution in [2.45, 2.75) is 0 Å². The van der Waals surface area contributed by atoms with Crippen LogP contribution in [0.1, 0.15) is 0 Å². The lowest BCUT2D eigenvalue weighted by atomic mass is 10.2. The first-order valence-corrected chi connectivity index (χ1v) is 5.49. The van der Waals surface area contributed by atoms with Crippen LogP contribution in [-0.4, -0.2) is 9.97 Å². The fraction of sp³-hybridized carbons (Fsp3) is 0. The second-order valence-corrected chi connectivity index (χ2v) is 3.96. The Hall–Kier alpha value is -2.05. The molecule has 0 aliphatic carbocycles. The predicted molar refractivity (Wildman–Crippen MR) is 81.4 cm³/mol. The molecule has 4 nitrogen and oxygen atoms in total. The molecule has 1 aromatic carbocycles. The second kappa shape index (κ2) is 6.60. The molecular weight excluding hydrogens is 323 g/mol. The van der Waals surface area contributed by atoms with E-state index in [1.54, 1.807) is 18.3 Å². The summed E-state index contributed by atoms with van der Waals surface area (Å²) in [5.41, 5.74) is 5.62. The summed E-state index contributed by atoms with van der Waals surface area (Å²) < 4.78 is 32.4. The van der Waals surface area contributed by atoms with Gasteiger partial charge in [-0.15, -0.1) is 24.8 Å². The minimum atomic E-state index is -0.726. The molecule has 0 radical (unpaired) electrons. The molecule has 0 aliphatic rings. The van der Waals surface area contributed by atoms with Crippen molar-refractivity contribution in [3.8, 4) is 11.5 Å². The average Bonchev–Trinajstić information content (AvgIpc) is 2.85. The molecule has 2 aromatic heterocycles. The van der Waals surface area contributed by atoms with E-state index in [-0.39, 0.29) is 36.3 Å². The summed E-state index contributed by atoms with van der Waals surface area (Å²) in [6.07, 6.45) is 3.20. The van der Waals surface area contributed by atoms with Crippen LogP contribution in [0.5, 0.6) is 11.5 Å². The molecule has 0 saturated carbocycles. The SMILES string of the molecule is Cl.Cl.Nc1cc(F)c(Oc2ccnc3[nH]ccc23)cc1F. The van der Waals surface area contributed by atoms with Gasteiger partial charge in [0.2, 0.25) is 0 Å². The fourth-order valence-corrected chi connectivity index (χ4v) is 1.77. The molecule has 0 unspecified atom stereocenters. The van der Waals surface area contributed by atoms with Crippen LogP contribution in [0.3, 0.4) is 0 Å². The number of fused-ring (bicyclic) bond motifs is 1. The number of nitrogens with two attached hydrogens (primary N) is 1. The maximum atomic E-state index is 13.6. The van der Waals surface area contributed by atoms with Crippen molar-refractivity contribution in [1.82, 2.24) is 9.97 Å². The summed E-state index contributed by atoms with van der Waals surface area (Å²) in [4.78, 5) is 6.98. The van der Waals surface area contributed by atoms with Crippen molar-refractivity contribution in [1.29, 1.82) is 0 Å². The van der Waals surface area contributed by atoms with Crippen molar-refractivity contribution < 1.29 is 13.5 Å². The summed E-state index contributed by atoms with van der Waals surface area (Å²) in [7, 11) is 0. The van der Waals surface area contributed by atoms with Crippen molar-refractivity contribution >= 4 is 41.5 Å². The molecule has 3 rings (SSSR count). The van der Waals surface area contributed by atoms with E-state index in [0.717, 1.165) is 12.1 Å². The smallest absolute Gasteiger partial charge is 0.167 e. The van der Waals surface area contributed by atoms with Gasteiger partial charge < -0.3 is 15.5 Å². The van der Waals surface area contributed by atoms with E-state index < -0.39 is 11.6 Å². The Labute approximate surface area is 131 Å². The molecule has 0 bridgehead atoms. The summed E-state index contributed by atoms with van der Waals surface area (Å²) in [5, 5.41) is 0.680. The van der Waals surface area contributed by atoms with Gasteiger partial charge in [0.05, 0.1) is 11.1 Å². The molecule has 112 valence electrons. The molecule has 8 heteroatoms. The van der Waals surface area contributed by atoms with Gasteiger partial charge in [-0.05, 0) is 12.1 Å². The summed E-state index contributed by atoms with van der Waals surface area (Å²) in [6, 6.07) is 5.12. The van der Waals surface area contributed by atoms with Gasteiger partial charge >= 0.3 is 0 Å². The van der Waals surface area contributed by atoms with Crippen molar-refractivity contribution in [3.05, 3.63) is 48.3 Å². The zero-order chi connectivity index (χ0) is 13.4. The normalized spacial score (nSPS) is 9.81. The third-order valence-corrected chi connectivity index (χ3v) is 2.69. The highest BCUT2D eigenvalue weighted by atomic mass is 35.5. The Kier molecular flexibility index (Phi) is 5.34. The van der Waals surface area contributed by atoms with Crippen molar-refractivity contribution in [3.63, 3.8) is 0 Å². The highest BCUT2D eigenvalue weighted by molar-refractivity contribution is 5.85. The number of nitrogens with zero attached hydrogens (tertiary/aromatic N) is 1. The number of nitrogen functional groups attached to an aromatic ring is 1. The minimum absolute atomic E-state index is 0. The fourth-order valence-electron chi connectivity index (χ4n) is 1.77. The molecule has 2 heterocycles. The van der Waals surface area contributed by atoms with Gasteiger partial charge in [0.25, 0.3) is 0 Å². The maximum absolute atomic E-state index is 13.6. The van der Waals surface area contributed by atoms with Gasteiger partial charge in [0.1, 0.15) is 17.2 Å². The Balaban J connectivity index is 0.00000110. The first-order chi connectivity index (χ1) is 9.15. The lowest BCUT2D eigenvalue weighted by molar-refractivity contribution is 0.441. The van der Waals surface area contributed by atoms with Gasteiger partial charge in [-0.2, -0.15) is 0 Å². The summed E-state index contributed by atoms with van der Waals surface area (Å²) in [6.45, 7) is 0. The largest absolute Gasteiger partial charge is 0.453 e. The molecule has 3 N–H and O–H groups in total. The Morgan fingerprint density at radius 1 is 1.05 bits per heavy atom. The standard InChI is InChI=1S/C13H9F2N3O.2ClH/c14-8-6-12(9(15)5-10(8)16)19-11-2-4-18-13-7(11)1-3-17-13;;/h1-6H,16H2,(H,17,18);2*1H. The van der Waals surface area contributed by atoms with E-state index in [1.807, 2.05) is 0 Å². The van der Waals surface area contributed by atoms with Crippen LogP contribution in [0.2, 0.25) is 0 Å².